The fourth-order valence-electron chi connectivity index (χ4n) is 4.33. The molecule has 3 rings (SSSR count). The molecule has 0 aliphatic heterocycles. The van der Waals surface area contributed by atoms with Crippen molar-refractivity contribution < 1.29 is 22.9 Å². The number of nitro benzene ring substituents is 1. The van der Waals surface area contributed by atoms with E-state index >= 15 is 0 Å². The lowest BCUT2D eigenvalue weighted by molar-refractivity contribution is -0.384. The first-order chi connectivity index (χ1) is 19.6. The molecule has 0 saturated heterocycles. The Morgan fingerprint density at radius 3 is 2.02 bits per heavy atom. The van der Waals surface area contributed by atoms with Gasteiger partial charge in [-0.05, 0) is 56.0 Å². The van der Waals surface area contributed by atoms with Crippen molar-refractivity contribution in [1.29, 1.82) is 0 Å². The summed E-state index contributed by atoms with van der Waals surface area (Å²) in [7, 11) is -4.24. The van der Waals surface area contributed by atoms with Crippen LogP contribution in [0.15, 0.2) is 89.8 Å². The number of anilines is 1. The van der Waals surface area contributed by atoms with Crippen LogP contribution < -0.4 is 9.62 Å². The molecule has 0 aliphatic carbocycles. The lowest BCUT2D eigenvalue weighted by atomic mass is 10.1. The van der Waals surface area contributed by atoms with Gasteiger partial charge in [0.1, 0.15) is 12.6 Å². The molecular formula is C30H36N4O6S. The van der Waals surface area contributed by atoms with Crippen LogP contribution in [-0.4, -0.2) is 55.2 Å². The van der Waals surface area contributed by atoms with Crippen molar-refractivity contribution in [2.24, 2.45) is 0 Å². The molecule has 0 aromatic heterocycles. The van der Waals surface area contributed by atoms with E-state index in [9.17, 15) is 28.1 Å². The van der Waals surface area contributed by atoms with Crippen LogP contribution in [0.3, 0.4) is 0 Å². The summed E-state index contributed by atoms with van der Waals surface area (Å²) in [6.07, 6.45) is 1.50. The Hall–Kier alpha value is -4.25. The largest absolute Gasteiger partial charge is 0.352 e. The molecule has 0 spiro atoms. The van der Waals surface area contributed by atoms with E-state index < -0.39 is 33.4 Å². The Labute approximate surface area is 241 Å². The second-order valence-electron chi connectivity index (χ2n) is 9.66. The zero-order chi connectivity index (χ0) is 30.0. The van der Waals surface area contributed by atoms with Crippen LogP contribution in [0, 0.1) is 10.1 Å². The number of carbonyl (C=O) groups excluding carboxylic acids is 2. The second-order valence-corrected chi connectivity index (χ2v) is 11.5. The number of hydrogen-bond acceptors (Lipinski definition) is 6. The zero-order valence-corrected chi connectivity index (χ0v) is 24.3. The highest BCUT2D eigenvalue weighted by Crippen LogP contribution is 2.26. The van der Waals surface area contributed by atoms with Gasteiger partial charge in [0.15, 0.2) is 0 Å². The maximum absolute atomic E-state index is 14.0. The van der Waals surface area contributed by atoms with Gasteiger partial charge < -0.3 is 10.2 Å². The molecule has 3 aromatic rings. The summed E-state index contributed by atoms with van der Waals surface area (Å²) >= 11 is 0. The lowest BCUT2D eigenvalue weighted by Gasteiger charge is -2.33. The molecule has 0 radical (unpaired) electrons. The third kappa shape index (κ3) is 8.14. The fourth-order valence-corrected chi connectivity index (χ4v) is 5.76. The number of rotatable bonds is 14. The molecule has 1 N–H and O–H groups in total. The molecule has 2 atom stereocenters. The number of non-ortho nitro benzene ring substituents is 1. The first kappa shape index (κ1) is 31.3. The summed E-state index contributed by atoms with van der Waals surface area (Å²) in [5.41, 5.74) is 0.842. The molecule has 0 heterocycles. The first-order valence-electron chi connectivity index (χ1n) is 13.5. The van der Waals surface area contributed by atoms with E-state index in [1.807, 2.05) is 44.2 Å². The topological polar surface area (TPSA) is 130 Å². The van der Waals surface area contributed by atoms with Gasteiger partial charge in [-0.25, -0.2) is 8.42 Å². The normalized spacial score (nSPS) is 12.7. The predicted octanol–water partition coefficient (Wildman–Crippen LogP) is 4.55. The van der Waals surface area contributed by atoms with Crippen LogP contribution >= 0.6 is 0 Å². The number of carbonyl (C=O) groups is 2. The van der Waals surface area contributed by atoms with Crippen molar-refractivity contribution in [2.75, 3.05) is 17.4 Å². The number of nitrogens with zero attached hydrogens (tertiary/aromatic N) is 3. The minimum atomic E-state index is -4.24. The molecular weight excluding hydrogens is 544 g/mol. The Bertz CT molecular complexity index is 1420. The van der Waals surface area contributed by atoms with Crippen molar-refractivity contribution in [2.45, 2.75) is 57.0 Å². The van der Waals surface area contributed by atoms with Crippen molar-refractivity contribution in [3.8, 4) is 0 Å². The number of amides is 2. The standard InChI is InChI=1S/C30H36N4O6S/c1-4-23(3)31-30(36)28(5-2)32(21-20-24-12-8-6-9-13-24)29(35)22-33(25-16-18-26(19-17-25)34(37)38)41(39,40)27-14-10-7-11-15-27/h6-19,23,28H,4-5,20-22H2,1-3H3,(H,31,36). The van der Waals surface area contributed by atoms with E-state index in [1.54, 1.807) is 25.1 Å². The minimum absolute atomic E-state index is 0.0384. The molecule has 10 nitrogen and oxygen atoms in total. The van der Waals surface area contributed by atoms with Crippen LogP contribution in [0.2, 0.25) is 0 Å². The van der Waals surface area contributed by atoms with Gasteiger partial charge in [-0.3, -0.25) is 24.0 Å². The van der Waals surface area contributed by atoms with Gasteiger partial charge in [0, 0.05) is 24.7 Å². The molecule has 2 unspecified atom stereocenters. The van der Waals surface area contributed by atoms with Gasteiger partial charge in [-0.1, -0.05) is 62.4 Å². The van der Waals surface area contributed by atoms with Crippen molar-refractivity contribution >= 4 is 33.2 Å². The number of nitrogens with one attached hydrogen (secondary N) is 1. The highest BCUT2D eigenvalue weighted by Gasteiger charge is 2.33. The number of hydrogen-bond donors (Lipinski definition) is 1. The Kier molecular flexibility index (Phi) is 11.0. The summed E-state index contributed by atoms with van der Waals surface area (Å²) in [4.78, 5) is 39.3. The summed E-state index contributed by atoms with van der Waals surface area (Å²) in [6.45, 7) is 5.22. The molecule has 41 heavy (non-hydrogen) atoms. The van der Waals surface area contributed by atoms with Crippen molar-refractivity contribution in [3.05, 3.63) is 101 Å². The van der Waals surface area contributed by atoms with Gasteiger partial charge in [0.25, 0.3) is 15.7 Å². The van der Waals surface area contributed by atoms with E-state index in [2.05, 4.69) is 5.32 Å². The van der Waals surface area contributed by atoms with Gasteiger partial charge in [-0.15, -0.1) is 0 Å². The van der Waals surface area contributed by atoms with Crippen LogP contribution in [0.4, 0.5) is 11.4 Å². The van der Waals surface area contributed by atoms with Crippen molar-refractivity contribution in [1.82, 2.24) is 10.2 Å². The first-order valence-corrected chi connectivity index (χ1v) is 15.0. The van der Waals surface area contributed by atoms with Crippen LogP contribution in [0.25, 0.3) is 0 Å². The number of nitro groups is 1. The SMILES string of the molecule is CCC(C)NC(=O)C(CC)N(CCc1ccccc1)C(=O)CN(c1ccc([N+](=O)[O-])cc1)S(=O)(=O)c1ccccc1. The van der Waals surface area contributed by atoms with E-state index in [-0.39, 0.29) is 34.8 Å². The molecule has 0 saturated carbocycles. The molecule has 0 aliphatic rings. The van der Waals surface area contributed by atoms with E-state index in [0.717, 1.165) is 9.87 Å². The van der Waals surface area contributed by atoms with Crippen LogP contribution in [-0.2, 0) is 26.0 Å². The van der Waals surface area contributed by atoms with E-state index in [1.165, 1.54) is 41.3 Å². The van der Waals surface area contributed by atoms with Gasteiger partial charge in [-0.2, -0.15) is 0 Å². The highest BCUT2D eigenvalue weighted by molar-refractivity contribution is 7.92. The summed E-state index contributed by atoms with van der Waals surface area (Å²) in [5.74, 6) is -0.874. The summed E-state index contributed by atoms with van der Waals surface area (Å²) in [6, 6.07) is 21.2. The molecule has 0 fully saturated rings. The Morgan fingerprint density at radius 1 is 0.902 bits per heavy atom. The molecule has 3 aromatic carbocycles. The maximum atomic E-state index is 14.0. The quantitative estimate of drug-likeness (QED) is 0.220. The van der Waals surface area contributed by atoms with Gasteiger partial charge in [0.2, 0.25) is 11.8 Å². The summed E-state index contributed by atoms with van der Waals surface area (Å²) in [5, 5.41) is 14.1. The highest BCUT2D eigenvalue weighted by atomic mass is 32.2. The monoisotopic (exact) mass is 580 g/mol. The second kappa shape index (κ2) is 14.4. The minimum Gasteiger partial charge on any atom is -0.352 e. The van der Waals surface area contributed by atoms with E-state index in [0.29, 0.717) is 19.3 Å². The Morgan fingerprint density at radius 2 is 1.49 bits per heavy atom. The third-order valence-corrected chi connectivity index (χ3v) is 8.62. The summed E-state index contributed by atoms with van der Waals surface area (Å²) < 4.78 is 28.5. The average molecular weight is 581 g/mol. The molecule has 218 valence electrons. The smallest absolute Gasteiger partial charge is 0.269 e. The number of sulfonamides is 1. The Balaban J connectivity index is 2.01. The molecule has 2 amide bonds. The maximum Gasteiger partial charge on any atom is 0.269 e. The van der Waals surface area contributed by atoms with Gasteiger partial charge >= 0.3 is 0 Å². The number of benzene rings is 3. The fraction of sp³-hybridized carbons (Fsp3) is 0.333. The van der Waals surface area contributed by atoms with Gasteiger partial charge in [0.05, 0.1) is 15.5 Å². The molecule has 11 heteroatoms. The predicted molar refractivity (Wildman–Crippen MR) is 158 cm³/mol. The zero-order valence-electron chi connectivity index (χ0n) is 23.5. The third-order valence-electron chi connectivity index (χ3n) is 6.83. The van der Waals surface area contributed by atoms with E-state index in [4.69, 9.17) is 0 Å². The molecule has 0 bridgehead atoms. The lowest BCUT2D eigenvalue weighted by Crippen LogP contribution is -2.54. The van der Waals surface area contributed by atoms with Crippen molar-refractivity contribution in [3.63, 3.8) is 0 Å². The average Bonchev–Trinajstić information content (AvgIpc) is 2.98. The van der Waals surface area contributed by atoms with Crippen LogP contribution in [0.1, 0.15) is 39.2 Å². The van der Waals surface area contributed by atoms with Crippen LogP contribution in [0.5, 0.6) is 0 Å².